The van der Waals surface area contributed by atoms with Gasteiger partial charge in [-0.3, -0.25) is 4.79 Å². The van der Waals surface area contributed by atoms with Gasteiger partial charge >= 0.3 is 0 Å². The molecular weight excluding hydrogens is 368 g/mol. The third kappa shape index (κ3) is 6.12. The molecular formula is C19H22N2O5S. The molecule has 2 aromatic rings. The van der Waals surface area contributed by atoms with E-state index >= 15 is 0 Å². The molecule has 0 saturated carbocycles. The molecule has 27 heavy (non-hydrogen) atoms. The molecule has 0 atom stereocenters. The zero-order valence-corrected chi connectivity index (χ0v) is 15.8. The Hall–Kier alpha value is -2.84. The lowest BCUT2D eigenvalue weighted by Gasteiger charge is -2.09. The Bertz CT molecular complexity index is 862. The summed E-state index contributed by atoms with van der Waals surface area (Å²) in [5.74, 6) is 1.04. The quantitative estimate of drug-likeness (QED) is 0.478. The molecule has 0 fully saturated rings. The van der Waals surface area contributed by atoms with Gasteiger partial charge in [0, 0.05) is 18.7 Å². The van der Waals surface area contributed by atoms with Crippen LogP contribution in [0.25, 0.3) is 0 Å². The van der Waals surface area contributed by atoms with Crippen molar-refractivity contribution in [2.75, 3.05) is 26.8 Å². The number of hydrogen-bond acceptors (Lipinski definition) is 5. The number of benzene rings is 2. The molecule has 144 valence electrons. The Labute approximate surface area is 159 Å². The van der Waals surface area contributed by atoms with Gasteiger partial charge in [0.05, 0.1) is 12.0 Å². The first-order valence-corrected chi connectivity index (χ1v) is 9.70. The average Bonchev–Trinajstić information content (AvgIpc) is 2.70. The molecule has 0 aromatic heterocycles. The summed E-state index contributed by atoms with van der Waals surface area (Å²) in [6.45, 7) is 4.14. The Balaban J connectivity index is 1.86. The molecule has 8 heteroatoms. The Morgan fingerprint density at radius 1 is 1.07 bits per heavy atom. The third-order valence-electron chi connectivity index (χ3n) is 3.56. The highest BCUT2D eigenvalue weighted by Gasteiger charge is 2.14. The monoisotopic (exact) mass is 390 g/mol. The highest BCUT2D eigenvalue weighted by Crippen LogP contribution is 2.16. The van der Waals surface area contributed by atoms with Gasteiger partial charge in [0.15, 0.2) is 0 Å². The van der Waals surface area contributed by atoms with Gasteiger partial charge in [-0.2, -0.15) is 0 Å². The molecule has 0 radical (unpaired) electrons. The standard InChI is InChI=1S/C19H22N2O5S/c1-3-12-20-19(22)15-4-10-18(11-5-15)27(23,24)21-13-14-26-17-8-6-16(25-2)7-9-17/h3-11,21H,1,12-14H2,2H3,(H,20,22). The van der Waals surface area contributed by atoms with Crippen LogP contribution >= 0.6 is 0 Å². The summed E-state index contributed by atoms with van der Waals surface area (Å²) < 4.78 is 37.6. The molecule has 1 amide bonds. The summed E-state index contributed by atoms with van der Waals surface area (Å²) in [5, 5.41) is 2.62. The maximum absolute atomic E-state index is 12.3. The maximum atomic E-state index is 12.3. The van der Waals surface area contributed by atoms with E-state index in [2.05, 4.69) is 16.6 Å². The van der Waals surface area contributed by atoms with Crippen LogP contribution in [0.15, 0.2) is 66.1 Å². The highest BCUT2D eigenvalue weighted by atomic mass is 32.2. The second-order valence-electron chi connectivity index (χ2n) is 5.44. The zero-order valence-electron chi connectivity index (χ0n) is 15.0. The molecule has 0 spiro atoms. The fourth-order valence-corrected chi connectivity index (χ4v) is 3.17. The minimum atomic E-state index is -3.68. The van der Waals surface area contributed by atoms with Crippen molar-refractivity contribution in [2.45, 2.75) is 4.90 Å². The summed E-state index contributed by atoms with van der Waals surface area (Å²) in [5.41, 5.74) is 0.374. The first-order chi connectivity index (χ1) is 13.0. The first-order valence-electron chi connectivity index (χ1n) is 8.22. The topological polar surface area (TPSA) is 93.7 Å². The molecule has 2 N–H and O–H groups in total. The van der Waals surface area contributed by atoms with Crippen LogP contribution in [0.4, 0.5) is 0 Å². The maximum Gasteiger partial charge on any atom is 0.251 e. The van der Waals surface area contributed by atoms with Crippen molar-refractivity contribution in [1.29, 1.82) is 0 Å². The molecule has 0 aliphatic heterocycles. The number of hydrogen-bond donors (Lipinski definition) is 2. The predicted octanol–water partition coefficient (Wildman–Crippen LogP) is 1.97. The Morgan fingerprint density at radius 3 is 2.30 bits per heavy atom. The van der Waals surface area contributed by atoms with Gasteiger partial charge in [-0.25, -0.2) is 13.1 Å². The summed E-state index contributed by atoms with van der Waals surface area (Å²) in [7, 11) is -2.11. The van der Waals surface area contributed by atoms with Crippen LogP contribution in [-0.4, -0.2) is 41.1 Å². The lowest BCUT2D eigenvalue weighted by molar-refractivity contribution is 0.0958. The van der Waals surface area contributed by atoms with Crippen LogP contribution in [-0.2, 0) is 10.0 Å². The van der Waals surface area contributed by atoms with Gasteiger partial charge in [-0.15, -0.1) is 6.58 Å². The van der Waals surface area contributed by atoms with E-state index in [0.29, 0.717) is 23.6 Å². The molecule has 0 saturated heterocycles. The van der Waals surface area contributed by atoms with Crippen molar-refractivity contribution in [2.24, 2.45) is 0 Å². The molecule has 7 nitrogen and oxygen atoms in total. The van der Waals surface area contributed by atoms with Crippen molar-refractivity contribution in [3.8, 4) is 11.5 Å². The van der Waals surface area contributed by atoms with Gasteiger partial charge in [0.25, 0.3) is 5.91 Å². The Morgan fingerprint density at radius 2 is 1.70 bits per heavy atom. The number of carbonyl (C=O) groups is 1. The van der Waals surface area contributed by atoms with Crippen LogP contribution in [0.1, 0.15) is 10.4 Å². The smallest absolute Gasteiger partial charge is 0.251 e. The van der Waals surface area contributed by atoms with Crippen LogP contribution < -0.4 is 19.5 Å². The van der Waals surface area contributed by atoms with Gasteiger partial charge in [-0.05, 0) is 48.5 Å². The predicted molar refractivity (Wildman–Crippen MR) is 103 cm³/mol. The van der Waals surface area contributed by atoms with E-state index in [0.717, 1.165) is 0 Å². The number of amides is 1. The summed E-state index contributed by atoms with van der Waals surface area (Å²) in [4.78, 5) is 11.9. The van der Waals surface area contributed by atoms with E-state index < -0.39 is 10.0 Å². The molecule has 2 rings (SSSR count). The number of ether oxygens (including phenoxy) is 2. The molecule has 0 aliphatic rings. The highest BCUT2D eigenvalue weighted by molar-refractivity contribution is 7.89. The van der Waals surface area contributed by atoms with Crippen LogP contribution in [0, 0.1) is 0 Å². The van der Waals surface area contributed by atoms with Gasteiger partial charge < -0.3 is 14.8 Å². The van der Waals surface area contributed by atoms with Crippen molar-refractivity contribution in [1.82, 2.24) is 10.0 Å². The minimum Gasteiger partial charge on any atom is -0.497 e. The SMILES string of the molecule is C=CCNC(=O)c1ccc(S(=O)(=O)NCCOc2ccc(OC)cc2)cc1. The zero-order chi connectivity index (χ0) is 19.7. The number of nitrogens with one attached hydrogen (secondary N) is 2. The van der Waals surface area contributed by atoms with Gasteiger partial charge in [0.2, 0.25) is 10.0 Å². The first kappa shape index (κ1) is 20.5. The molecule has 0 heterocycles. The average molecular weight is 390 g/mol. The molecule has 0 aliphatic carbocycles. The number of carbonyl (C=O) groups excluding carboxylic acids is 1. The van der Waals surface area contributed by atoms with E-state index in [1.807, 2.05) is 0 Å². The van der Waals surface area contributed by atoms with Gasteiger partial charge in [0.1, 0.15) is 18.1 Å². The second-order valence-corrected chi connectivity index (χ2v) is 7.21. The normalized spacial score (nSPS) is 10.9. The Kier molecular flexibility index (Phi) is 7.39. The van der Waals surface area contributed by atoms with Crippen LogP contribution in [0.5, 0.6) is 11.5 Å². The van der Waals surface area contributed by atoms with Gasteiger partial charge in [-0.1, -0.05) is 6.08 Å². The van der Waals surface area contributed by atoms with Crippen LogP contribution in [0.2, 0.25) is 0 Å². The second kappa shape index (κ2) is 9.75. The van der Waals surface area contributed by atoms with E-state index in [4.69, 9.17) is 9.47 Å². The lowest BCUT2D eigenvalue weighted by atomic mass is 10.2. The lowest BCUT2D eigenvalue weighted by Crippen LogP contribution is -2.28. The number of rotatable bonds is 10. The van der Waals surface area contributed by atoms with Crippen molar-refractivity contribution >= 4 is 15.9 Å². The fourth-order valence-electron chi connectivity index (χ4n) is 2.15. The molecule has 0 unspecified atom stereocenters. The molecule has 2 aromatic carbocycles. The summed E-state index contributed by atoms with van der Waals surface area (Å²) >= 11 is 0. The van der Waals surface area contributed by atoms with E-state index in [9.17, 15) is 13.2 Å². The molecule has 0 bridgehead atoms. The summed E-state index contributed by atoms with van der Waals surface area (Å²) in [6.07, 6.45) is 1.56. The minimum absolute atomic E-state index is 0.0761. The van der Waals surface area contributed by atoms with Crippen molar-refractivity contribution in [3.63, 3.8) is 0 Å². The third-order valence-corrected chi connectivity index (χ3v) is 5.03. The van der Waals surface area contributed by atoms with E-state index in [1.165, 1.54) is 24.3 Å². The van der Waals surface area contributed by atoms with Crippen molar-refractivity contribution in [3.05, 3.63) is 66.7 Å². The van der Waals surface area contributed by atoms with Crippen LogP contribution in [0.3, 0.4) is 0 Å². The van der Waals surface area contributed by atoms with E-state index in [-0.39, 0.29) is 24.0 Å². The number of methoxy groups -OCH3 is 1. The summed E-state index contributed by atoms with van der Waals surface area (Å²) in [6, 6.07) is 12.7. The largest absolute Gasteiger partial charge is 0.497 e. The van der Waals surface area contributed by atoms with Crippen molar-refractivity contribution < 1.29 is 22.7 Å². The fraction of sp³-hybridized carbons (Fsp3) is 0.211. The van der Waals surface area contributed by atoms with E-state index in [1.54, 1.807) is 37.5 Å². The number of sulfonamides is 1.